The molecule has 108 valence electrons. The lowest BCUT2D eigenvalue weighted by atomic mass is 10.1. The molecule has 0 aliphatic rings. The fraction of sp³-hybridized carbons (Fsp3) is 0.125. The van der Waals surface area contributed by atoms with Gasteiger partial charge in [0.15, 0.2) is 0 Å². The normalized spacial score (nSPS) is 10.1. The highest BCUT2D eigenvalue weighted by atomic mass is 32.1. The number of hydrogen-bond donors (Lipinski definition) is 3. The van der Waals surface area contributed by atoms with Gasteiger partial charge in [-0.05, 0) is 36.2 Å². The Morgan fingerprint density at radius 3 is 2.43 bits per heavy atom. The zero-order valence-corrected chi connectivity index (χ0v) is 12.2. The van der Waals surface area contributed by atoms with E-state index in [0.717, 1.165) is 5.56 Å². The lowest BCUT2D eigenvalue weighted by Crippen LogP contribution is -2.14. The molecule has 0 aromatic heterocycles. The number of carbonyl (C=O) groups excluding carboxylic acids is 1. The standard InChI is InChI=1S/C16H16N2O2S/c17-15(21)12-2-1-3-13(10-12)16(20)18-14-6-4-11(5-7-14)8-9-19/h1-7,10,19H,8-9H2,(H2,17,21)(H,18,20). The molecule has 0 heterocycles. The molecule has 0 fully saturated rings. The van der Waals surface area contributed by atoms with Gasteiger partial charge in [0.2, 0.25) is 0 Å². The van der Waals surface area contributed by atoms with E-state index in [1.165, 1.54) is 0 Å². The molecule has 0 unspecified atom stereocenters. The van der Waals surface area contributed by atoms with Crippen LogP contribution in [0, 0.1) is 0 Å². The Morgan fingerprint density at radius 1 is 1.14 bits per heavy atom. The van der Waals surface area contributed by atoms with Crippen LogP contribution < -0.4 is 11.1 Å². The van der Waals surface area contributed by atoms with Crippen LogP contribution >= 0.6 is 12.2 Å². The predicted octanol–water partition coefficient (Wildman–Crippen LogP) is 2.11. The van der Waals surface area contributed by atoms with Crippen molar-refractivity contribution < 1.29 is 9.90 Å². The van der Waals surface area contributed by atoms with Gasteiger partial charge >= 0.3 is 0 Å². The first-order valence-electron chi connectivity index (χ1n) is 6.51. The summed E-state index contributed by atoms with van der Waals surface area (Å²) in [6.45, 7) is 0.109. The van der Waals surface area contributed by atoms with Crippen LogP contribution in [-0.4, -0.2) is 22.6 Å². The van der Waals surface area contributed by atoms with Gasteiger partial charge in [-0.25, -0.2) is 0 Å². The minimum Gasteiger partial charge on any atom is -0.396 e. The molecular formula is C16H16N2O2S. The Kier molecular flexibility index (Phi) is 5.03. The number of aliphatic hydroxyl groups excluding tert-OH is 1. The lowest BCUT2D eigenvalue weighted by molar-refractivity contribution is 0.102. The van der Waals surface area contributed by atoms with Gasteiger partial charge in [0.1, 0.15) is 4.99 Å². The van der Waals surface area contributed by atoms with Crippen molar-refractivity contribution in [1.29, 1.82) is 0 Å². The monoisotopic (exact) mass is 300 g/mol. The Morgan fingerprint density at radius 2 is 1.81 bits per heavy atom. The van der Waals surface area contributed by atoms with E-state index in [9.17, 15) is 4.79 Å². The van der Waals surface area contributed by atoms with Gasteiger partial charge in [0.05, 0.1) is 0 Å². The predicted molar refractivity (Wildman–Crippen MR) is 87.5 cm³/mol. The molecule has 0 aliphatic heterocycles. The topological polar surface area (TPSA) is 75.4 Å². The van der Waals surface area contributed by atoms with Crippen molar-refractivity contribution in [1.82, 2.24) is 0 Å². The quantitative estimate of drug-likeness (QED) is 0.739. The van der Waals surface area contributed by atoms with Gasteiger partial charge < -0.3 is 16.2 Å². The highest BCUT2D eigenvalue weighted by molar-refractivity contribution is 7.80. The smallest absolute Gasteiger partial charge is 0.255 e. The summed E-state index contributed by atoms with van der Waals surface area (Å²) >= 11 is 4.90. The summed E-state index contributed by atoms with van der Waals surface area (Å²) < 4.78 is 0. The summed E-state index contributed by atoms with van der Waals surface area (Å²) in [5, 5.41) is 11.7. The highest BCUT2D eigenvalue weighted by Crippen LogP contribution is 2.13. The van der Waals surface area contributed by atoms with Gasteiger partial charge in [0.25, 0.3) is 5.91 Å². The van der Waals surface area contributed by atoms with Gasteiger partial charge in [0, 0.05) is 23.4 Å². The third-order valence-corrected chi connectivity index (χ3v) is 3.26. The second-order valence-electron chi connectivity index (χ2n) is 4.57. The zero-order valence-electron chi connectivity index (χ0n) is 11.4. The minimum atomic E-state index is -0.219. The first-order valence-corrected chi connectivity index (χ1v) is 6.92. The van der Waals surface area contributed by atoms with Crippen LogP contribution in [0.2, 0.25) is 0 Å². The van der Waals surface area contributed by atoms with Crippen molar-refractivity contribution in [3.05, 3.63) is 65.2 Å². The maximum Gasteiger partial charge on any atom is 0.255 e. The van der Waals surface area contributed by atoms with E-state index >= 15 is 0 Å². The van der Waals surface area contributed by atoms with Crippen molar-refractivity contribution in [2.75, 3.05) is 11.9 Å². The van der Waals surface area contributed by atoms with E-state index in [-0.39, 0.29) is 17.5 Å². The largest absolute Gasteiger partial charge is 0.396 e. The molecule has 0 saturated carbocycles. The summed E-state index contributed by atoms with van der Waals surface area (Å²) in [6, 6.07) is 14.2. The number of aliphatic hydroxyl groups is 1. The minimum absolute atomic E-state index is 0.109. The van der Waals surface area contributed by atoms with Crippen LogP contribution in [0.5, 0.6) is 0 Å². The van der Waals surface area contributed by atoms with Crippen molar-refractivity contribution in [3.8, 4) is 0 Å². The first kappa shape index (κ1) is 15.2. The van der Waals surface area contributed by atoms with Gasteiger partial charge in [-0.1, -0.05) is 36.5 Å². The highest BCUT2D eigenvalue weighted by Gasteiger charge is 2.07. The Bertz CT molecular complexity index is 654. The molecule has 0 bridgehead atoms. The lowest BCUT2D eigenvalue weighted by Gasteiger charge is -2.07. The Labute approximate surface area is 128 Å². The molecule has 2 rings (SSSR count). The molecule has 0 saturated heterocycles. The van der Waals surface area contributed by atoms with Gasteiger partial charge in [-0.3, -0.25) is 4.79 Å². The molecule has 5 heteroatoms. The SMILES string of the molecule is NC(=S)c1cccc(C(=O)Nc2ccc(CCO)cc2)c1. The number of nitrogens with two attached hydrogens (primary N) is 1. The van der Waals surface area contributed by atoms with E-state index in [4.69, 9.17) is 23.1 Å². The van der Waals surface area contributed by atoms with Crippen LogP contribution in [0.4, 0.5) is 5.69 Å². The molecule has 2 aromatic carbocycles. The molecule has 2 aromatic rings. The van der Waals surface area contributed by atoms with E-state index in [1.54, 1.807) is 36.4 Å². The zero-order chi connectivity index (χ0) is 15.2. The van der Waals surface area contributed by atoms with Crippen molar-refractivity contribution >= 4 is 28.8 Å². The van der Waals surface area contributed by atoms with Crippen LogP contribution in [0.3, 0.4) is 0 Å². The van der Waals surface area contributed by atoms with Crippen LogP contribution in [0.1, 0.15) is 21.5 Å². The van der Waals surface area contributed by atoms with E-state index < -0.39 is 0 Å². The fourth-order valence-electron chi connectivity index (χ4n) is 1.90. The van der Waals surface area contributed by atoms with E-state index in [0.29, 0.717) is 23.2 Å². The summed E-state index contributed by atoms with van der Waals surface area (Å²) in [4.78, 5) is 12.4. The molecule has 0 radical (unpaired) electrons. The molecule has 21 heavy (non-hydrogen) atoms. The van der Waals surface area contributed by atoms with Crippen LogP contribution in [0.15, 0.2) is 48.5 Å². The van der Waals surface area contributed by atoms with E-state index in [2.05, 4.69) is 5.32 Å². The number of nitrogens with one attached hydrogen (secondary N) is 1. The van der Waals surface area contributed by atoms with E-state index in [1.807, 2.05) is 12.1 Å². The molecule has 1 amide bonds. The second kappa shape index (κ2) is 6.97. The Hall–Kier alpha value is -2.24. The molecule has 4 N–H and O–H groups in total. The van der Waals surface area contributed by atoms with Crippen molar-refractivity contribution in [3.63, 3.8) is 0 Å². The number of benzene rings is 2. The summed E-state index contributed by atoms with van der Waals surface area (Å²) in [5.74, 6) is -0.219. The molecule has 0 atom stereocenters. The Balaban J connectivity index is 2.10. The third-order valence-electron chi connectivity index (χ3n) is 3.02. The van der Waals surface area contributed by atoms with Gasteiger partial charge in [-0.2, -0.15) is 0 Å². The molecular weight excluding hydrogens is 284 g/mol. The number of rotatable bonds is 5. The first-order chi connectivity index (χ1) is 10.1. The number of amides is 1. The average molecular weight is 300 g/mol. The second-order valence-corrected chi connectivity index (χ2v) is 5.01. The number of carbonyl (C=O) groups is 1. The number of thiocarbonyl (C=S) groups is 1. The molecule has 0 aliphatic carbocycles. The van der Waals surface area contributed by atoms with Gasteiger partial charge in [-0.15, -0.1) is 0 Å². The third kappa shape index (κ3) is 4.11. The summed E-state index contributed by atoms with van der Waals surface area (Å²) in [6.07, 6.45) is 0.601. The summed E-state index contributed by atoms with van der Waals surface area (Å²) in [5.41, 5.74) is 8.44. The van der Waals surface area contributed by atoms with Crippen molar-refractivity contribution in [2.24, 2.45) is 5.73 Å². The maximum absolute atomic E-state index is 12.2. The number of anilines is 1. The van der Waals surface area contributed by atoms with Crippen molar-refractivity contribution in [2.45, 2.75) is 6.42 Å². The maximum atomic E-state index is 12.2. The number of hydrogen-bond acceptors (Lipinski definition) is 3. The molecule has 0 spiro atoms. The fourth-order valence-corrected chi connectivity index (χ4v) is 2.03. The van der Waals surface area contributed by atoms with Crippen LogP contribution in [-0.2, 0) is 6.42 Å². The average Bonchev–Trinajstić information content (AvgIpc) is 2.49. The van der Waals surface area contributed by atoms with Crippen LogP contribution in [0.25, 0.3) is 0 Å². The summed E-state index contributed by atoms with van der Waals surface area (Å²) in [7, 11) is 0. The molecule has 4 nitrogen and oxygen atoms in total.